The van der Waals surface area contributed by atoms with Crippen molar-refractivity contribution in [3.05, 3.63) is 76.9 Å². The Morgan fingerprint density at radius 1 is 1.06 bits per heavy atom. The molecule has 3 aromatic rings. The highest BCUT2D eigenvalue weighted by atomic mass is 19.3. The number of nitrogens with zero attached hydrogens (tertiary/aromatic N) is 2. The van der Waals surface area contributed by atoms with Crippen molar-refractivity contribution in [2.24, 2.45) is 0 Å². The summed E-state index contributed by atoms with van der Waals surface area (Å²) in [5.74, 6) is -1.47. The van der Waals surface area contributed by atoms with Gasteiger partial charge in [0.25, 0.3) is 5.91 Å². The van der Waals surface area contributed by atoms with Crippen molar-refractivity contribution < 1.29 is 32.2 Å². The minimum absolute atomic E-state index is 0.0584. The van der Waals surface area contributed by atoms with E-state index in [0.29, 0.717) is 18.5 Å². The molecule has 0 atom stereocenters. The quantitative estimate of drug-likeness (QED) is 0.480. The van der Waals surface area contributed by atoms with E-state index < -0.39 is 25.1 Å². The number of carbonyl (C=O) groups is 2. The largest absolute Gasteiger partial charge is 0.451 e. The molecule has 0 spiro atoms. The molecule has 4 rings (SSSR count). The van der Waals surface area contributed by atoms with Crippen LogP contribution in [-0.2, 0) is 28.8 Å². The van der Waals surface area contributed by atoms with Gasteiger partial charge in [0.2, 0.25) is 0 Å². The number of fused-ring (bicyclic) bond motifs is 1. The van der Waals surface area contributed by atoms with Gasteiger partial charge in [-0.05, 0) is 67.6 Å². The van der Waals surface area contributed by atoms with Gasteiger partial charge in [-0.15, -0.1) is 0 Å². The van der Waals surface area contributed by atoms with Crippen LogP contribution in [0.5, 0.6) is 5.75 Å². The fourth-order valence-electron chi connectivity index (χ4n) is 3.83. The molecule has 0 aliphatic heterocycles. The molecule has 178 valence electrons. The Kier molecular flexibility index (Phi) is 7.15. The van der Waals surface area contributed by atoms with E-state index in [1.165, 1.54) is 24.3 Å². The number of rotatable bonds is 9. The zero-order valence-electron chi connectivity index (χ0n) is 18.1. The van der Waals surface area contributed by atoms with E-state index in [2.05, 4.69) is 15.2 Å². The number of benzene rings is 2. The van der Waals surface area contributed by atoms with Crippen molar-refractivity contribution in [2.75, 3.05) is 13.2 Å². The molecule has 0 bridgehead atoms. The second-order valence-electron chi connectivity index (χ2n) is 7.71. The van der Waals surface area contributed by atoms with Crippen LogP contribution in [0.2, 0.25) is 0 Å². The average molecular weight is 473 g/mol. The molecule has 7 nitrogen and oxygen atoms in total. The lowest BCUT2D eigenvalue weighted by Crippen LogP contribution is -2.30. The molecule has 0 saturated carbocycles. The van der Waals surface area contributed by atoms with Gasteiger partial charge in [-0.25, -0.2) is 13.9 Å². The van der Waals surface area contributed by atoms with Gasteiger partial charge >= 0.3 is 12.6 Å². The monoisotopic (exact) mass is 473 g/mol. The van der Waals surface area contributed by atoms with Gasteiger partial charge in [0.1, 0.15) is 11.6 Å². The number of hydrogen-bond donors (Lipinski definition) is 1. The zero-order chi connectivity index (χ0) is 24.1. The van der Waals surface area contributed by atoms with Crippen LogP contribution in [0.4, 0.5) is 13.2 Å². The molecule has 0 unspecified atom stereocenters. The van der Waals surface area contributed by atoms with Gasteiger partial charge < -0.3 is 14.8 Å². The van der Waals surface area contributed by atoms with Gasteiger partial charge in [0, 0.05) is 17.8 Å². The lowest BCUT2D eigenvalue weighted by Gasteiger charge is -2.08. The van der Waals surface area contributed by atoms with Crippen molar-refractivity contribution in [3.63, 3.8) is 0 Å². The molecule has 1 aromatic heterocycles. The summed E-state index contributed by atoms with van der Waals surface area (Å²) in [6.45, 7) is -3.07. The maximum absolute atomic E-state index is 13.3. The van der Waals surface area contributed by atoms with Crippen LogP contribution in [0.25, 0.3) is 5.69 Å². The van der Waals surface area contributed by atoms with E-state index in [1.807, 2.05) is 0 Å². The van der Waals surface area contributed by atoms with E-state index >= 15 is 0 Å². The maximum atomic E-state index is 13.3. The van der Waals surface area contributed by atoms with Crippen LogP contribution in [0.3, 0.4) is 0 Å². The van der Waals surface area contributed by atoms with Crippen molar-refractivity contribution >= 4 is 11.9 Å². The van der Waals surface area contributed by atoms with Crippen molar-refractivity contribution in [1.29, 1.82) is 0 Å². The molecule has 10 heteroatoms. The SMILES string of the molecule is O=C(COC(=O)c1nn(-c2ccc(F)cc2)c2c1CCC2)NCCc1ccc(OC(F)F)cc1. The Bertz CT molecular complexity index is 1160. The highest BCUT2D eigenvalue weighted by Gasteiger charge is 2.28. The zero-order valence-corrected chi connectivity index (χ0v) is 18.1. The molecule has 0 radical (unpaired) electrons. The van der Waals surface area contributed by atoms with Crippen LogP contribution in [0.1, 0.15) is 33.7 Å². The predicted molar refractivity (Wildman–Crippen MR) is 116 cm³/mol. The van der Waals surface area contributed by atoms with E-state index in [0.717, 1.165) is 29.7 Å². The summed E-state index contributed by atoms with van der Waals surface area (Å²) >= 11 is 0. The number of aromatic nitrogens is 2. The number of esters is 1. The van der Waals surface area contributed by atoms with E-state index in [-0.39, 0.29) is 23.8 Å². The minimum atomic E-state index is -2.88. The third-order valence-electron chi connectivity index (χ3n) is 5.41. The Labute approximate surface area is 193 Å². The Balaban J connectivity index is 1.29. The predicted octanol–water partition coefficient (Wildman–Crippen LogP) is 3.62. The second-order valence-corrected chi connectivity index (χ2v) is 7.71. The Morgan fingerprint density at radius 2 is 1.79 bits per heavy atom. The summed E-state index contributed by atoms with van der Waals surface area (Å²) in [5, 5.41) is 7.01. The molecule has 1 aliphatic rings. The molecule has 0 fully saturated rings. The third kappa shape index (κ3) is 5.56. The molecule has 1 amide bonds. The third-order valence-corrected chi connectivity index (χ3v) is 5.41. The molecule has 0 saturated heterocycles. The number of amides is 1. The topological polar surface area (TPSA) is 82.5 Å². The molecule has 2 aromatic carbocycles. The lowest BCUT2D eigenvalue weighted by molar-refractivity contribution is -0.124. The van der Waals surface area contributed by atoms with E-state index in [1.54, 1.807) is 28.9 Å². The summed E-state index contributed by atoms with van der Waals surface area (Å²) in [7, 11) is 0. The second kappa shape index (κ2) is 10.4. The molecular formula is C24H22F3N3O4. The molecule has 34 heavy (non-hydrogen) atoms. The Morgan fingerprint density at radius 3 is 2.50 bits per heavy atom. The highest BCUT2D eigenvalue weighted by Crippen LogP contribution is 2.28. The smallest absolute Gasteiger partial charge is 0.387 e. The van der Waals surface area contributed by atoms with Gasteiger partial charge in [-0.3, -0.25) is 4.79 Å². The number of hydrogen-bond acceptors (Lipinski definition) is 5. The number of carbonyl (C=O) groups excluding carboxylic acids is 2. The van der Waals surface area contributed by atoms with Gasteiger partial charge in [-0.1, -0.05) is 12.1 Å². The summed E-state index contributed by atoms with van der Waals surface area (Å²) in [6, 6.07) is 11.9. The van der Waals surface area contributed by atoms with Crippen molar-refractivity contribution in [3.8, 4) is 11.4 Å². The van der Waals surface area contributed by atoms with Crippen LogP contribution in [0, 0.1) is 5.82 Å². The molecule has 1 heterocycles. The van der Waals surface area contributed by atoms with E-state index in [9.17, 15) is 22.8 Å². The van der Waals surface area contributed by atoms with Crippen LogP contribution >= 0.6 is 0 Å². The van der Waals surface area contributed by atoms with Crippen molar-refractivity contribution in [2.45, 2.75) is 32.3 Å². The highest BCUT2D eigenvalue weighted by molar-refractivity contribution is 5.91. The summed E-state index contributed by atoms with van der Waals surface area (Å²) in [6.07, 6.45) is 2.74. The van der Waals surface area contributed by atoms with Crippen molar-refractivity contribution in [1.82, 2.24) is 15.1 Å². The average Bonchev–Trinajstić information content (AvgIpc) is 3.42. The van der Waals surface area contributed by atoms with Crippen LogP contribution in [0.15, 0.2) is 48.5 Å². The van der Waals surface area contributed by atoms with Gasteiger partial charge in [0.05, 0.1) is 5.69 Å². The number of nitrogens with one attached hydrogen (secondary N) is 1. The van der Waals surface area contributed by atoms with Crippen LogP contribution < -0.4 is 10.1 Å². The first kappa shape index (κ1) is 23.3. The first-order valence-corrected chi connectivity index (χ1v) is 10.7. The van der Waals surface area contributed by atoms with Crippen LogP contribution in [-0.4, -0.2) is 41.4 Å². The number of ether oxygens (including phenoxy) is 2. The van der Waals surface area contributed by atoms with Gasteiger partial charge in [0.15, 0.2) is 12.3 Å². The molecule has 1 aliphatic carbocycles. The fraction of sp³-hybridized carbons (Fsp3) is 0.292. The van der Waals surface area contributed by atoms with E-state index in [4.69, 9.17) is 4.74 Å². The standard InChI is InChI=1S/C24H22F3N3O4/c25-16-6-8-17(9-7-16)30-20-3-1-2-19(20)22(29-30)23(32)33-14-21(31)28-13-12-15-4-10-18(11-5-15)34-24(26)27/h4-11,24H,1-3,12-14H2,(H,28,31). The van der Waals surface area contributed by atoms with Gasteiger partial charge in [-0.2, -0.15) is 13.9 Å². The lowest BCUT2D eigenvalue weighted by atomic mass is 10.1. The number of halogens is 3. The molecule has 1 N–H and O–H groups in total. The summed E-state index contributed by atoms with van der Waals surface area (Å²) < 4.78 is 48.7. The Hall–Kier alpha value is -3.82. The minimum Gasteiger partial charge on any atom is -0.451 e. The fourth-order valence-corrected chi connectivity index (χ4v) is 3.83. The summed E-state index contributed by atoms with van der Waals surface area (Å²) in [4.78, 5) is 24.7. The first-order valence-electron chi connectivity index (χ1n) is 10.7. The summed E-state index contributed by atoms with van der Waals surface area (Å²) in [5.41, 5.74) is 3.30. The maximum Gasteiger partial charge on any atom is 0.387 e. The number of alkyl halides is 2. The molecular weight excluding hydrogens is 451 g/mol. The normalized spacial score (nSPS) is 12.5. The first-order chi connectivity index (χ1) is 16.4.